The summed E-state index contributed by atoms with van der Waals surface area (Å²) in [5.74, 6) is 0.445. The molecule has 0 bridgehead atoms. The average molecular weight is 533 g/mol. The van der Waals surface area contributed by atoms with Crippen LogP contribution in [0.2, 0.25) is 0 Å². The Morgan fingerprint density at radius 1 is 1.27 bits per heavy atom. The van der Waals surface area contributed by atoms with E-state index in [4.69, 9.17) is 5.73 Å². The third-order valence-corrected chi connectivity index (χ3v) is 5.71. The fourth-order valence-electron chi connectivity index (χ4n) is 3.65. The van der Waals surface area contributed by atoms with Crippen molar-refractivity contribution in [1.29, 1.82) is 0 Å². The topological polar surface area (TPSA) is 82.8 Å². The number of carbonyl (C=O) groups is 1. The fourth-order valence-corrected chi connectivity index (χ4v) is 3.65. The smallest absolute Gasteiger partial charge is 0.220 e. The van der Waals surface area contributed by atoms with Gasteiger partial charge in [-0.25, -0.2) is 4.39 Å². The molecule has 0 saturated carbocycles. The van der Waals surface area contributed by atoms with Crippen LogP contribution in [0.25, 0.3) is 0 Å². The van der Waals surface area contributed by atoms with Gasteiger partial charge in [-0.1, -0.05) is 26.0 Å². The molecule has 0 aromatic heterocycles. The Hall–Kier alpha value is -1.42. The van der Waals surface area contributed by atoms with Gasteiger partial charge in [-0.3, -0.25) is 9.79 Å². The van der Waals surface area contributed by atoms with Crippen LogP contribution in [0.5, 0.6) is 0 Å². The van der Waals surface area contributed by atoms with Crippen LogP contribution in [0.15, 0.2) is 29.3 Å². The van der Waals surface area contributed by atoms with Crippen molar-refractivity contribution in [3.05, 3.63) is 35.6 Å². The number of benzene rings is 1. The monoisotopic (exact) mass is 533 g/mol. The second-order valence-corrected chi connectivity index (χ2v) is 8.47. The molecule has 30 heavy (non-hydrogen) atoms. The minimum atomic E-state index is -0.212. The lowest BCUT2D eigenvalue weighted by atomic mass is 9.84. The van der Waals surface area contributed by atoms with Crippen LogP contribution in [-0.4, -0.2) is 56.5 Å². The molecule has 170 valence electrons. The van der Waals surface area contributed by atoms with Crippen LogP contribution in [0, 0.1) is 11.7 Å². The highest BCUT2D eigenvalue weighted by Gasteiger charge is 2.23. The second-order valence-electron chi connectivity index (χ2n) is 8.47. The molecule has 1 heterocycles. The number of likely N-dealkylation sites (tertiary alicyclic amines) is 1. The zero-order valence-corrected chi connectivity index (χ0v) is 20.7. The van der Waals surface area contributed by atoms with E-state index in [-0.39, 0.29) is 47.0 Å². The lowest BCUT2D eigenvalue weighted by molar-refractivity contribution is -0.123. The summed E-state index contributed by atoms with van der Waals surface area (Å²) in [5, 5.41) is 6.70. The maximum atomic E-state index is 13.5. The summed E-state index contributed by atoms with van der Waals surface area (Å²) in [6, 6.07) is 6.75. The molecule has 0 aliphatic carbocycles. The van der Waals surface area contributed by atoms with Gasteiger partial charge in [-0.15, -0.1) is 24.0 Å². The summed E-state index contributed by atoms with van der Waals surface area (Å²) in [6.45, 7) is 8.64. The molecule has 1 aromatic carbocycles. The number of rotatable bonds is 9. The molecule has 4 N–H and O–H groups in total. The number of halogens is 2. The number of hydrogen-bond donors (Lipinski definition) is 3. The fraction of sp³-hybridized carbons (Fsp3) is 0.636. The van der Waals surface area contributed by atoms with E-state index in [1.54, 1.807) is 19.2 Å². The highest BCUT2D eigenvalue weighted by Crippen LogP contribution is 2.22. The molecule has 0 spiro atoms. The number of nitrogens with zero attached hydrogens (tertiary/aromatic N) is 2. The maximum Gasteiger partial charge on any atom is 0.220 e. The summed E-state index contributed by atoms with van der Waals surface area (Å²) < 4.78 is 13.5. The van der Waals surface area contributed by atoms with Gasteiger partial charge < -0.3 is 21.3 Å². The van der Waals surface area contributed by atoms with Gasteiger partial charge >= 0.3 is 0 Å². The van der Waals surface area contributed by atoms with E-state index in [1.807, 2.05) is 6.07 Å². The van der Waals surface area contributed by atoms with Crippen LogP contribution in [0.4, 0.5) is 4.39 Å². The summed E-state index contributed by atoms with van der Waals surface area (Å²) in [5.41, 5.74) is 6.13. The van der Waals surface area contributed by atoms with Crippen molar-refractivity contribution in [2.24, 2.45) is 16.6 Å². The largest absolute Gasteiger partial charge is 0.369 e. The summed E-state index contributed by atoms with van der Waals surface area (Å²) in [6.07, 6.45) is 3.90. The van der Waals surface area contributed by atoms with E-state index in [0.717, 1.165) is 63.4 Å². The minimum absolute atomic E-state index is 0. The van der Waals surface area contributed by atoms with E-state index in [9.17, 15) is 9.18 Å². The first-order valence-corrected chi connectivity index (χ1v) is 10.5. The van der Waals surface area contributed by atoms with Gasteiger partial charge in [0.15, 0.2) is 5.96 Å². The summed E-state index contributed by atoms with van der Waals surface area (Å²) in [7, 11) is 1.76. The predicted octanol–water partition coefficient (Wildman–Crippen LogP) is 2.86. The lowest BCUT2D eigenvalue weighted by Gasteiger charge is -2.30. The van der Waals surface area contributed by atoms with E-state index >= 15 is 0 Å². The Morgan fingerprint density at radius 2 is 1.97 bits per heavy atom. The van der Waals surface area contributed by atoms with Crippen molar-refractivity contribution in [2.75, 3.05) is 39.8 Å². The van der Waals surface area contributed by atoms with Crippen molar-refractivity contribution in [3.63, 3.8) is 0 Å². The minimum Gasteiger partial charge on any atom is -0.369 e. The molecule has 1 aliphatic rings. The van der Waals surface area contributed by atoms with E-state index < -0.39 is 0 Å². The first-order chi connectivity index (χ1) is 13.8. The molecule has 1 saturated heterocycles. The number of primary amides is 1. The van der Waals surface area contributed by atoms with Crippen LogP contribution in [-0.2, 0) is 10.2 Å². The van der Waals surface area contributed by atoms with Crippen molar-refractivity contribution in [3.8, 4) is 0 Å². The first kappa shape index (κ1) is 26.6. The molecule has 0 atom stereocenters. The van der Waals surface area contributed by atoms with Gasteiger partial charge in [0.25, 0.3) is 0 Å². The third-order valence-electron chi connectivity index (χ3n) is 5.71. The number of hydrogen-bond acceptors (Lipinski definition) is 3. The molecular weight excluding hydrogens is 496 g/mol. The highest BCUT2D eigenvalue weighted by molar-refractivity contribution is 14.0. The van der Waals surface area contributed by atoms with Gasteiger partial charge in [0.05, 0.1) is 0 Å². The Balaban J connectivity index is 0.00000450. The molecular formula is C22H37FIN5O. The lowest BCUT2D eigenvalue weighted by Crippen LogP contribution is -2.44. The number of nitrogens with one attached hydrogen (secondary N) is 2. The third kappa shape index (κ3) is 8.75. The number of nitrogens with two attached hydrogens (primary N) is 1. The quantitative estimate of drug-likeness (QED) is 0.197. The number of amides is 1. The molecule has 1 fully saturated rings. The van der Waals surface area contributed by atoms with Gasteiger partial charge in [-0.2, -0.15) is 0 Å². The number of piperidine rings is 1. The van der Waals surface area contributed by atoms with Crippen molar-refractivity contribution >= 4 is 35.8 Å². The molecule has 0 unspecified atom stereocenters. The van der Waals surface area contributed by atoms with Crippen molar-refractivity contribution < 1.29 is 9.18 Å². The van der Waals surface area contributed by atoms with E-state index in [1.165, 1.54) is 6.07 Å². The zero-order chi connectivity index (χ0) is 21.3. The zero-order valence-electron chi connectivity index (χ0n) is 18.4. The Bertz CT molecular complexity index is 690. The van der Waals surface area contributed by atoms with Crippen LogP contribution in [0.3, 0.4) is 0 Å². The molecule has 1 aromatic rings. The number of carbonyl (C=O) groups excluding carboxylic acids is 1. The van der Waals surface area contributed by atoms with Gasteiger partial charge in [0, 0.05) is 31.5 Å². The number of guanidine groups is 1. The molecule has 6 nitrogen and oxygen atoms in total. The molecule has 0 radical (unpaired) electrons. The van der Waals surface area contributed by atoms with Crippen LogP contribution in [0.1, 0.15) is 45.1 Å². The molecule has 1 aliphatic heterocycles. The Morgan fingerprint density at radius 3 is 2.57 bits per heavy atom. The predicted molar refractivity (Wildman–Crippen MR) is 132 cm³/mol. The van der Waals surface area contributed by atoms with Crippen molar-refractivity contribution in [2.45, 2.75) is 44.9 Å². The van der Waals surface area contributed by atoms with Crippen LogP contribution < -0.4 is 16.4 Å². The molecule has 8 heteroatoms. The maximum absolute atomic E-state index is 13.5. The molecule has 1 amide bonds. The Kier molecular flexibility index (Phi) is 11.6. The normalized spacial score (nSPS) is 16.1. The van der Waals surface area contributed by atoms with Gasteiger partial charge in [0.1, 0.15) is 5.82 Å². The van der Waals surface area contributed by atoms with E-state index in [0.29, 0.717) is 6.54 Å². The standard InChI is InChI=1S/C22H36FN5O.HI/c1-22(2,18-7-6-8-19(23)15-18)16-27-21(25-3)26-11-4-5-12-28-13-9-17(10-14-28)20(24)29;/h6-8,15,17H,4-5,9-14,16H2,1-3H3,(H2,24,29)(H2,25,26,27);1H. The van der Waals surface area contributed by atoms with Crippen LogP contribution >= 0.6 is 24.0 Å². The van der Waals surface area contributed by atoms with Gasteiger partial charge in [-0.05, 0) is 63.0 Å². The van der Waals surface area contributed by atoms with Crippen molar-refractivity contribution in [1.82, 2.24) is 15.5 Å². The second kappa shape index (κ2) is 13.1. The van der Waals surface area contributed by atoms with E-state index in [2.05, 4.69) is 34.4 Å². The average Bonchev–Trinajstić information content (AvgIpc) is 2.70. The summed E-state index contributed by atoms with van der Waals surface area (Å²) >= 11 is 0. The number of aliphatic imine (C=N–C) groups is 1. The number of unbranched alkanes of at least 4 members (excludes halogenated alkanes) is 1. The highest BCUT2D eigenvalue weighted by atomic mass is 127. The summed E-state index contributed by atoms with van der Waals surface area (Å²) in [4.78, 5) is 17.9. The first-order valence-electron chi connectivity index (χ1n) is 10.5. The Labute approximate surface area is 197 Å². The van der Waals surface area contributed by atoms with Gasteiger partial charge in [0.2, 0.25) is 5.91 Å². The SMILES string of the molecule is CN=C(NCCCCN1CCC(C(N)=O)CC1)NCC(C)(C)c1cccc(F)c1.I. The molecule has 2 rings (SSSR count).